The fourth-order valence-electron chi connectivity index (χ4n) is 1.80. The highest BCUT2D eigenvalue weighted by Crippen LogP contribution is 2.28. The second-order valence-corrected chi connectivity index (χ2v) is 4.18. The largest absolute Gasteiger partial charge is 0.490 e. The number of nitrogens with one attached hydrogen (secondary N) is 1. The molecule has 0 bridgehead atoms. The van der Waals surface area contributed by atoms with Crippen LogP contribution in [0.15, 0.2) is 24.3 Å². The van der Waals surface area contributed by atoms with Gasteiger partial charge in [-0.15, -0.1) is 0 Å². The summed E-state index contributed by atoms with van der Waals surface area (Å²) in [6, 6.07) is 7.58. The van der Waals surface area contributed by atoms with Crippen molar-refractivity contribution in [3.05, 3.63) is 24.3 Å². The molecule has 1 saturated heterocycles. The van der Waals surface area contributed by atoms with Crippen LogP contribution >= 0.6 is 0 Å². The lowest BCUT2D eigenvalue weighted by atomic mass is 10.2. The summed E-state index contributed by atoms with van der Waals surface area (Å²) in [5.41, 5.74) is 0. The van der Waals surface area contributed by atoms with Crippen LogP contribution in [-0.4, -0.2) is 37.0 Å². The third-order valence-electron chi connectivity index (χ3n) is 2.72. The quantitative estimate of drug-likeness (QED) is 0.807. The maximum absolute atomic E-state index is 9.69. The van der Waals surface area contributed by atoms with Crippen LogP contribution in [0.25, 0.3) is 0 Å². The van der Waals surface area contributed by atoms with E-state index < -0.39 is 6.10 Å². The topological polar surface area (TPSA) is 50.7 Å². The van der Waals surface area contributed by atoms with Gasteiger partial charge in [0.05, 0.1) is 6.61 Å². The third-order valence-corrected chi connectivity index (χ3v) is 2.72. The second kappa shape index (κ2) is 5.89. The number of aliphatic hydroxyl groups is 1. The van der Waals surface area contributed by atoms with Crippen molar-refractivity contribution >= 4 is 0 Å². The monoisotopic (exact) mass is 237 g/mol. The molecule has 0 aliphatic carbocycles. The molecule has 2 atom stereocenters. The number of para-hydroxylation sites is 2. The van der Waals surface area contributed by atoms with Gasteiger partial charge in [0.1, 0.15) is 12.2 Å². The highest BCUT2D eigenvalue weighted by atomic mass is 16.5. The molecule has 2 rings (SSSR count). The fourth-order valence-corrected chi connectivity index (χ4v) is 1.80. The number of aliphatic hydroxyl groups excluding tert-OH is 1. The van der Waals surface area contributed by atoms with Crippen LogP contribution in [-0.2, 0) is 0 Å². The Labute approximate surface area is 102 Å². The molecule has 1 aromatic rings. The summed E-state index contributed by atoms with van der Waals surface area (Å²) in [6.45, 7) is 3.99. The van der Waals surface area contributed by atoms with Crippen molar-refractivity contribution in [2.24, 2.45) is 0 Å². The number of ether oxygens (including phenoxy) is 2. The fraction of sp³-hybridized carbons (Fsp3) is 0.538. The SMILES string of the molecule is CCCOc1ccccc1O[C@H]1CNC[C@@H]1O. The van der Waals surface area contributed by atoms with E-state index in [9.17, 15) is 5.11 Å². The van der Waals surface area contributed by atoms with Gasteiger partial charge >= 0.3 is 0 Å². The second-order valence-electron chi connectivity index (χ2n) is 4.18. The van der Waals surface area contributed by atoms with E-state index in [1.165, 1.54) is 0 Å². The molecule has 1 aliphatic heterocycles. The molecule has 1 fully saturated rings. The van der Waals surface area contributed by atoms with E-state index in [-0.39, 0.29) is 6.10 Å². The lowest BCUT2D eigenvalue weighted by Crippen LogP contribution is -2.30. The molecule has 0 unspecified atom stereocenters. The number of rotatable bonds is 5. The molecule has 0 aromatic heterocycles. The zero-order valence-corrected chi connectivity index (χ0v) is 10.1. The molecule has 1 aromatic carbocycles. The first-order valence-corrected chi connectivity index (χ1v) is 6.08. The van der Waals surface area contributed by atoms with Gasteiger partial charge in [0.2, 0.25) is 0 Å². The molecular weight excluding hydrogens is 218 g/mol. The molecule has 4 heteroatoms. The van der Waals surface area contributed by atoms with E-state index in [0.29, 0.717) is 25.4 Å². The van der Waals surface area contributed by atoms with Crippen LogP contribution in [0.2, 0.25) is 0 Å². The predicted octanol–water partition coefficient (Wildman–Crippen LogP) is 1.19. The van der Waals surface area contributed by atoms with E-state index in [0.717, 1.165) is 12.2 Å². The number of benzene rings is 1. The van der Waals surface area contributed by atoms with Crippen LogP contribution in [0.4, 0.5) is 0 Å². The standard InChI is InChI=1S/C13H19NO3/c1-2-7-16-11-5-3-4-6-12(11)17-13-9-14-8-10(13)15/h3-6,10,13-15H,2,7-9H2,1H3/t10-,13-/m0/s1. The lowest BCUT2D eigenvalue weighted by Gasteiger charge is -2.18. The molecule has 1 heterocycles. The minimum atomic E-state index is -0.450. The van der Waals surface area contributed by atoms with E-state index >= 15 is 0 Å². The average molecular weight is 237 g/mol. The Morgan fingerprint density at radius 3 is 2.71 bits per heavy atom. The lowest BCUT2D eigenvalue weighted by molar-refractivity contribution is 0.0712. The first-order chi connectivity index (χ1) is 8.31. The minimum Gasteiger partial charge on any atom is -0.490 e. The van der Waals surface area contributed by atoms with Crippen LogP contribution < -0.4 is 14.8 Å². The van der Waals surface area contributed by atoms with Gasteiger partial charge < -0.3 is 19.9 Å². The zero-order valence-electron chi connectivity index (χ0n) is 10.1. The maximum Gasteiger partial charge on any atom is 0.161 e. The van der Waals surface area contributed by atoms with Crippen molar-refractivity contribution in [1.82, 2.24) is 5.32 Å². The first-order valence-electron chi connectivity index (χ1n) is 6.08. The van der Waals surface area contributed by atoms with Gasteiger partial charge in [-0.3, -0.25) is 0 Å². The van der Waals surface area contributed by atoms with Crippen molar-refractivity contribution in [2.75, 3.05) is 19.7 Å². The Hall–Kier alpha value is -1.26. The highest BCUT2D eigenvalue weighted by molar-refractivity contribution is 5.39. The summed E-state index contributed by atoms with van der Waals surface area (Å²) in [7, 11) is 0. The molecule has 0 spiro atoms. The minimum absolute atomic E-state index is 0.193. The van der Waals surface area contributed by atoms with Crippen molar-refractivity contribution in [2.45, 2.75) is 25.6 Å². The Kier molecular flexibility index (Phi) is 4.23. The molecule has 0 amide bonds. The third kappa shape index (κ3) is 3.11. The number of β-amino-alcohol motifs (C(OH)–C–C–N with tert-alkyl or cyclic N) is 1. The average Bonchev–Trinajstić information content (AvgIpc) is 2.74. The zero-order chi connectivity index (χ0) is 12.1. The Balaban J connectivity index is 2.03. The summed E-state index contributed by atoms with van der Waals surface area (Å²) in [5.74, 6) is 1.45. The van der Waals surface area contributed by atoms with Crippen LogP contribution in [0.3, 0.4) is 0 Å². The van der Waals surface area contributed by atoms with Crippen molar-refractivity contribution in [1.29, 1.82) is 0 Å². The molecule has 94 valence electrons. The molecule has 1 aliphatic rings. The van der Waals surface area contributed by atoms with Gasteiger partial charge in [0.15, 0.2) is 11.5 Å². The number of hydrogen-bond donors (Lipinski definition) is 2. The molecule has 0 radical (unpaired) electrons. The summed E-state index contributed by atoms with van der Waals surface area (Å²) in [4.78, 5) is 0. The van der Waals surface area contributed by atoms with Gasteiger partial charge in [-0.05, 0) is 18.6 Å². The van der Waals surface area contributed by atoms with Crippen molar-refractivity contribution in [3.8, 4) is 11.5 Å². The van der Waals surface area contributed by atoms with Gasteiger partial charge in [-0.1, -0.05) is 19.1 Å². The number of hydrogen-bond acceptors (Lipinski definition) is 4. The van der Waals surface area contributed by atoms with Gasteiger partial charge in [-0.2, -0.15) is 0 Å². The predicted molar refractivity (Wildman–Crippen MR) is 65.5 cm³/mol. The van der Waals surface area contributed by atoms with E-state index in [1.54, 1.807) is 0 Å². The van der Waals surface area contributed by atoms with E-state index in [1.807, 2.05) is 24.3 Å². The van der Waals surface area contributed by atoms with E-state index in [4.69, 9.17) is 9.47 Å². The Bertz CT molecular complexity index is 356. The van der Waals surface area contributed by atoms with Gasteiger partial charge in [0, 0.05) is 13.1 Å². The molecule has 17 heavy (non-hydrogen) atoms. The Morgan fingerprint density at radius 2 is 2.06 bits per heavy atom. The van der Waals surface area contributed by atoms with Crippen LogP contribution in [0.5, 0.6) is 11.5 Å². The van der Waals surface area contributed by atoms with Crippen molar-refractivity contribution < 1.29 is 14.6 Å². The van der Waals surface area contributed by atoms with E-state index in [2.05, 4.69) is 12.2 Å². The molecule has 0 saturated carbocycles. The highest BCUT2D eigenvalue weighted by Gasteiger charge is 2.27. The van der Waals surface area contributed by atoms with Crippen LogP contribution in [0, 0.1) is 0 Å². The molecule has 2 N–H and O–H groups in total. The smallest absolute Gasteiger partial charge is 0.161 e. The molecular formula is C13H19NO3. The maximum atomic E-state index is 9.69. The molecule has 4 nitrogen and oxygen atoms in total. The summed E-state index contributed by atoms with van der Waals surface area (Å²) < 4.78 is 11.4. The summed E-state index contributed by atoms with van der Waals surface area (Å²) >= 11 is 0. The van der Waals surface area contributed by atoms with Gasteiger partial charge in [-0.25, -0.2) is 0 Å². The van der Waals surface area contributed by atoms with Crippen molar-refractivity contribution in [3.63, 3.8) is 0 Å². The Morgan fingerprint density at radius 1 is 1.29 bits per heavy atom. The normalized spacial score (nSPS) is 23.6. The van der Waals surface area contributed by atoms with Gasteiger partial charge in [0.25, 0.3) is 0 Å². The summed E-state index contributed by atoms with van der Waals surface area (Å²) in [5, 5.41) is 12.8. The first kappa shape index (κ1) is 12.2. The van der Waals surface area contributed by atoms with Crippen LogP contribution in [0.1, 0.15) is 13.3 Å². The summed E-state index contributed by atoms with van der Waals surface area (Å²) in [6.07, 6.45) is 0.317.